The third-order valence-electron chi connectivity index (χ3n) is 3.71. The molecule has 2 rings (SSSR count). The molecular weight excluding hydrogens is 210 g/mol. The van der Waals surface area contributed by atoms with Gasteiger partial charge in [0.2, 0.25) is 0 Å². The maximum Gasteiger partial charge on any atom is 0.0456 e. The number of aliphatic hydroxyl groups excluding tert-OH is 1. The molecule has 94 valence electrons. The first-order chi connectivity index (χ1) is 8.29. The monoisotopic (exact) mass is 233 g/mol. The zero-order valence-electron chi connectivity index (χ0n) is 10.7. The van der Waals surface area contributed by atoms with E-state index in [4.69, 9.17) is 5.11 Å². The van der Waals surface area contributed by atoms with E-state index in [1.807, 2.05) is 0 Å². The largest absolute Gasteiger partial charge is 0.396 e. The molecular formula is C15H23NO. The lowest BCUT2D eigenvalue weighted by Gasteiger charge is -2.39. The summed E-state index contributed by atoms with van der Waals surface area (Å²) in [4.78, 5) is 2.52. The fourth-order valence-electron chi connectivity index (χ4n) is 2.44. The van der Waals surface area contributed by atoms with Crippen molar-refractivity contribution >= 4 is 0 Å². The van der Waals surface area contributed by atoms with E-state index in [2.05, 4.69) is 42.2 Å². The van der Waals surface area contributed by atoms with Gasteiger partial charge in [0.1, 0.15) is 0 Å². The van der Waals surface area contributed by atoms with E-state index in [0.717, 1.165) is 12.3 Å². The standard InChI is InChI=1S/C15H23NO/c1-13(12-17)6-5-9-16-10-15(11-16)14-7-3-2-4-8-14/h2-4,7-8,13,15,17H,5-6,9-12H2,1H3. The van der Waals surface area contributed by atoms with E-state index in [0.29, 0.717) is 12.5 Å². The van der Waals surface area contributed by atoms with Crippen LogP contribution in [0.25, 0.3) is 0 Å². The molecule has 0 saturated carbocycles. The van der Waals surface area contributed by atoms with Gasteiger partial charge in [-0.25, -0.2) is 0 Å². The molecule has 0 aromatic heterocycles. The third-order valence-corrected chi connectivity index (χ3v) is 3.71. The van der Waals surface area contributed by atoms with Crippen molar-refractivity contribution in [2.75, 3.05) is 26.2 Å². The predicted molar refractivity (Wildman–Crippen MR) is 71.1 cm³/mol. The highest BCUT2D eigenvalue weighted by Crippen LogP contribution is 2.26. The fourth-order valence-corrected chi connectivity index (χ4v) is 2.44. The van der Waals surface area contributed by atoms with E-state index in [-0.39, 0.29) is 0 Å². The van der Waals surface area contributed by atoms with E-state index in [9.17, 15) is 0 Å². The molecule has 1 N–H and O–H groups in total. The summed E-state index contributed by atoms with van der Waals surface area (Å²) in [6.07, 6.45) is 2.35. The predicted octanol–water partition coefficient (Wildman–Crippen LogP) is 2.49. The molecule has 0 spiro atoms. The molecule has 1 aromatic carbocycles. The lowest BCUT2D eigenvalue weighted by Crippen LogP contribution is -2.45. The molecule has 2 heteroatoms. The summed E-state index contributed by atoms with van der Waals surface area (Å²) in [5.74, 6) is 1.20. The number of rotatable bonds is 6. The summed E-state index contributed by atoms with van der Waals surface area (Å²) in [6.45, 7) is 6.04. The van der Waals surface area contributed by atoms with Gasteiger partial charge < -0.3 is 10.0 Å². The second-order valence-electron chi connectivity index (χ2n) is 5.30. The maximum atomic E-state index is 8.95. The van der Waals surface area contributed by atoms with Gasteiger partial charge in [-0.2, -0.15) is 0 Å². The Balaban J connectivity index is 1.63. The zero-order valence-corrected chi connectivity index (χ0v) is 10.7. The molecule has 1 atom stereocenters. The van der Waals surface area contributed by atoms with Gasteiger partial charge in [0, 0.05) is 25.6 Å². The van der Waals surface area contributed by atoms with E-state index >= 15 is 0 Å². The molecule has 0 amide bonds. The molecule has 1 heterocycles. The first kappa shape index (κ1) is 12.6. The Morgan fingerprint density at radius 1 is 1.29 bits per heavy atom. The first-order valence-electron chi connectivity index (χ1n) is 6.67. The maximum absolute atomic E-state index is 8.95. The Morgan fingerprint density at radius 3 is 2.65 bits per heavy atom. The van der Waals surface area contributed by atoms with Gasteiger partial charge in [-0.15, -0.1) is 0 Å². The molecule has 2 nitrogen and oxygen atoms in total. The summed E-state index contributed by atoms with van der Waals surface area (Å²) >= 11 is 0. The van der Waals surface area contributed by atoms with Gasteiger partial charge in [0.05, 0.1) is 0 Å². The third kappa shape index (κ3) is 3.55. The number of nitrogens with zero attached hydrogens (tertiary/aromatic N) is 1. The van der Waals surface area contributed by atoms with Crippen LogP contribution in [0.2, 0.25) is 0 Å². The summed E-state index contributed by atoms with van der Waals surface area (Å²) in [5.41, 5.74) is 1.48. The van der Waals surface area contributed by atoms with Crippen molar-refractivity contribution in [3.63, 3.8) is 0 Å². The summed E-state index contributed by atoms with van der Waals surface area (Å²) in [5, 5.41) is 8.95. The molecule has 0 radical (unpaired) electrons. The molecule has 17 heavy (non-hydrogen) atoms. The van der Waals surface area contributed by atoms with E-state index in [1.54, 1.807) is 0 Å². The van der Waals surface area contributed by atoms with Crippen LogP contribution in [0, 0.1) is 5.92 Å². The van der Waals surface area contributed by atoms with Gasteiger partial charge in [0.25, 0.3) is 0 Å². The van der Waals surface area contributed by atoms with Crippen LogP contribution in [0.1, 0.15) is 31.2 Å². The zero-order chi connectivity index (χ0) is 12.1. The van der Waals surface area contributed by atoms with Gasteiger partial charge in [-0.05, 0) is 30.9 Å². The smallest absolute Gasteiger partial charge is 0.0456 e. The number of likely N-dealkylation sites (tertiary alicyclic amines) is 1. The molecule has 1 fully saturated rings. The quantitative estimate of drug-likeness (QED) is 0.816. The van der Waals surface area contributed by atoms with Crippen LogP contribution in [0.3, 0.4) is 0 Å². The second kappa shape index (κ2) is 6.18. The van der Waals surface area contributed by atoms with Crippen LogP contribution < -0.4 is 0 Å². The van der Waals surface area contributed by atoms with Crippen molar-refractivity contribution in [1.29, 1.82) is 0 Å². The number of hydrogen-bond donors (Lipinski definition) is 1. The van der Waals surface area contributed by atoms with Crippen molar-refractivity contribution in [3.05, 3.63) is 35.9 Å². The fraction of sp³-hybridized carbons (Fsp3) is 0.600. The molecule has 0 bridgehead atoms. The summed E-state index contributed by atoms with van der Waals surface area (Å²) in [7, 11) is 0. The van der Waals surface area contributed by atoms with Crippen molar-refractivity contribution in [3.8, 4) is 0 Å². The van der Waals surface area contributed by atoms with Crippen LogP contribution in [0.15, 0.2) is 30.3 Å². The summed E-state index contributed by atoms with van der Waals surface area (Å²) in [6, 6.07) is 10.8. The molecule has 1 aliphatic heterocycles. The average Bonchev–Trinajstić information content (AvgIpc) is 2.32. The van der Waals surface area contributed by atoms with Crippen LogP contribution in [-0.2, 0) is 0 Å². The van der Waals surface area contributed by atoms with Crippen LogP contribution in [0.5, 0.6) is 0 Å². The van der Waals surface area contributed by atoms with Crippen LogP contribution in [-0.4, -0.2) is 36.2 Å². The Kier molecular flexibility index (Phi) is 4.57. The first-order valence-corrected chi connectivity index (χ1v) is 6.67. The highest BCUT2D eigenvalue weighted by Gasteiger charge is 2.26. The van der Waals surface area contributed by atoms with E-state index in [1.165, 1.54) is 31.6 Å². The van der Waals surface area contributed by atoms with Crippen molar-refractivity contribution in [2.24, 2.45) is 5.92 Å². The molecule has 1 aromatic rings. The van der Waals surface area contributed by atoms with Gasteiger partial charge in [-0.1, -0.05) is 37.3 Å². The highest BCUT2D eigenvalue weighted by molar-refractivity contribution is 5.22. The minimum atomic E-state index is 0.326. The number of hydrogen-bond acceptors (Lipinski definition) is 2. The molecule has 1 unspecified atom stereocenters. The minimum absolute atomic E-state index is 0.326. The summed E-state index contributed by atoms with van der Waals surface area (Å²) < 4.78 is 0. The van der Waals surface area contributed by atoms with Crippen molar-refractivity contribution in [2.45, 2.75) is 25.7 Å². The van der Waals surface area contributed by atoms with E-state index < -0.39 is 0 Å². The SMILES string of the molecule is CC(CO)CCCN1CC(c2ccccc2)C1. The lowest BCUT2D eigenvalue weighted by molar-refractivity contribution is 0.139. The Morgan fingerprint density at radius 2 is 2.00 bits per heavy atom. The van der Waals surface area contributed by atoms with Gasteiger partial charge >= 0.3 is 0 Å². The van der Waals surface area contributed by atoms with Crippen molar-refractivity contribution in [1.82, 2.24) is 4.90 Å². The normalized spacial score (nSPS) is 18.9. The Bertz CT molecular complexity index is 319. The molecule has 0 aliphatic carbocycles. The lowest BCUT2D eigenvalue weighted by atomic mass is 9.91. The average molecular weight is 233 g/mol. The topological polar surface area (TPSA) is 23.5 Å². The second-order valence-corrected chi connectivity index (χ2v) is 5.30. The van der Waals surface area contributed by atoms with Crippen LogP contribution in [0.4, 0.5) is 0 Å². The van der Waals surface area contributed by atoms with Crippen molar-refractivity contribution < 1.29 is 5.11 Å². The minimum Gasteiger partial charge on any atom is -0.396 e. The number of aliphatic hydroxyl groups is 1. The number of benzene rings is 1. The van der Waals surface area contributed by atoms with Crippen LogP contribution >= 0.6 is 0 Å². The van der Waals surface area contributed by atoms with Gasteiger partial charge in [0.15, 0.2) is 0 Å². The molecule has 1 saturated heterocycles. The Labute approximate surface area is 104 Å². The molecule has 1 aliphatic rings. The highest BCUT2D eigenvalue weighted by atomic mass is 16.3. The van der Waals surface area contributed by atoms with Gasteiger partial charge in [-0.3, -0.25) is 0 Å². The Hall–Kier alpha value is -0.860.